The van der Waals surface area contributed by atoms with Crippen LogP contribution in [0, 0.1) is 18.2 Å². The van der Waals surface area contributed by atoms with Crippen LogP contribution in [0.25, 0.3) is 11.5 Å². The fraction of sp³-hybridized carbons (Fsp3) is 0.517. The second kappa shape index (κ2) is 11.4. The molecule has 9 heteroatoms. The van der Waals surface area contributed by atoms with Crippen molar-refractivity contribution in [1.82, 2.24) is 10.3 Å². The van der Waals surface area contributed by atoms with Gasteiger partial charge < -0.3 is 14.2 Å². The highest BCUT2D eigenvalue weighted by molar-refractivity contribution is 6.31. The molecule has 0 radical (unpaired) electrons. The summed E-state index contributed by atoms with van der Waals surface area (Å²) in [6.07, 6.45) is 3.68. The number of Topliss-reactive ketones (excluding diaryl/α,β-unsaturated/α-hetero) is 1. The summed E-state index contributed by atoms with van der Waals surface area (Å²) in [6.45, 7) is 8.11. The molecule has 3 aromatic rings. The number of carboxylic acids is 1. The lowest BCUT2D eigenvalue weighted by Gasteiger charge is -2.16. The third-order valence-corrected chi connectivity index (χ3v) is 7.29. The zero-order valence-corrected chi connectivity index (χ0v) is 23.0. The summed E-state index contributed by atoms with van der Waals surface area (Å²) >= 11 is 6.26. The largest absolute Gasteiger partial charge is 0.481 e. The Morgan fingerprint density at radius 3 is 2.58 bits per heavy atom. The summed E-state index contributed by atoms with van der Waals surface area (Å²) in [5.41, 5.74) is 3.00. The van der Waals surface area contributed by atoms with Gasteiger partial charge in [0.25, 0.3) is 0 Å². The lowest BCUT2D eigenvalue weighted by molar-refractivity contribution is -0.137. The van der Waals surface area contributed by atoms with E-state index in [4.69, 9.17) is 20.6 Å². The van der Waals surface area contributed by atoms with Crippen molar-refractivity contribution in [3.8, 4) is 11.5 Å². The van der Waals surface area contributed by atoms with E-state index in [-0.39, 0.29) is 42.8 Å². The predicted molar refractivity (Wildman–Crippen MR) is 141 cm³/mol. The number of benzene rings is 1. The van der Waals surface area contributed by atoms with Crippen LogP contribution in [0.4, 0.5) is 4.39 Å². The Morgan fingerprint density at radius 1 is 1.18 bits per heavy atom. The average Bonchev–Trinajstić information content (AvgIpc) is 3.39. The molecule has 0 spiro atoms. The van der Waals surface area contributed by atoms with Gasteiger partial charge in [-0.2, -0.15) is 0 Å². The van der Waals surface area contributed by atoms with Gasteiger partial charge in [-0.1, -0.05) is 42.7 Å². The van der Waals surface area contributed by atoms with Crippen LogP contribution in [0.15, 0.2) is 27.2 Å². The summed E-state index contributed by atoms with van der Waals surface area (Å²) in [6, 6.07) is 4.66. The Morgan fingerprint density at radius 2 is 1.92 bits per heavy atom. The Bertz CT molecular complexity index is 1320. The van der Waals surface area contributed by atoms with Crippen LogP contribution in [0.2, 0.25) is 5.02 Å². The SMILES string of the molecule is Cc1cc(Cl)c(CC(=O)C[C@H](CCC(=O)O)c2noc(-c3cc(CCC(C)(C)C)on3)c2C2CC2)cc1F. The van der Waals surface area contributed by atoms with Crippen LogP contribution in [-0.2, 0) is 22.4 Å². The summed E-state index contributed by atoms with van der Waals surface area (Å²) in [5, 5.41) is 18.2. The number of rotatable bonds is 12. The first kappa shape index (κ1) is 28.0. The molecule has 2 aromatic heterocycles. The number of aliphatic carboxylic acids is 1. The second-order valence-electron chi connectivity index (χ2n) is 11.6. The van der Waals surface area contributed by atoms with E-state index in [1.165, 1.54) is 12.1 Å². The summed E-state index contributed by atoms with van der Waals surface area (Å²) in [4.78, 5) is 24.5. The Balaban J connectivity index is 1.59. The molecular formula is C29H34ClFN2O5. The molecule has 38 heavy (non-hydrogen) atoms. The van der Waals surface area contributed by atoms with Crippen LogP contribution in [0.1, 0.15) is 99.3 Å². The molecule has 0 aliphatic heterocycles. The quantitative estimate of drug-likeness (QED) is 0.252. The third kappa shape index (κ3) is 7.10. The van der Waals surface area contributed by atoms with Crippen LogP contribution < -0.4 is 0 Å². The van der Waals surface area contributed by atoms with Crippen molar-refractivity contribution in [2.45, 2.75) is 90.9 Å². The highest BCUT2D eigenvalue weighted by Crippen LogP contribution is 2.48. The van der Waals surface area contributed by atoms with Crippen molar-refractivity contribution in [2.75, 3.05) is 0 Å². The van der Waals surface area contributed by atoms with Gasteiger partial charge in [0.15, 0.2) is 11.5 Å². The first-order valence-corrected chi connectivity index (χ1v) is 13.4. The molecule has 1 fully saturated rings. The third-order valence-electron chi connectivity index (χ3n) is 6.94. The molecule has 1 N–H and O–H groups in total. The van der Waals surface area contributed by atoms with Gasteiger partial charge in [0.1, 0.15) is 17.4 Å². The van der Waals surface area contributed by atoms with Crippen LogP contribution in [-0.4, -0.2) is 27.2 Å². The molecule has 204 valence electrons. The number of hydrogen-bond donors (Lipinski definition) is 1. The molecule has 0 amide bonds. The second-order valence-corrected chi connectivity index (χ2v) is 12.0. The van der Waals surface area contributed by atoms with Crippen LogP contribution in [0.5, 0.6) is 0 Å². The number of halogens is 2. The average molecular weight is 545 g/mol. The summed E-state index contributed by atoms with van der Waals surface area (Å²) < 4.78 is 25.4. The van der Waals surface area contributed by atoms with Crippen LogP contribution in [0.3, 0.4) is 0 Å². The molecule has 1 atom stereocenters. The molecule has 0 saturated heterocycles. The van der Waals surface area contributed by atoms with E-state index in [2.05, 4.69) is 31.1 Å². The minimum atomic E-state index is -0.956. The first-order chi connectivity index (χ1) is 17.9. The van der Waals surface area contributed by atoms with E-state index in [1.54, 1.807) is 6.92 Å². The summed E-state index contributed by atoms with van der Waals surface area (Å²) in [7, 11) is 0. The molecule has 1 aromatic carbocycles. The minimum absolute atomic E-state index is 0.0421. The van der Waals surface area contributed by atoms with Gasteiger partial charge in [0.05, 0.1) is 5.69 Å². The number of carbonyl (C=O) groups is 2. The highest BCUT2D eigenvalue weighted by Gasteiger charge is 2.37. The van der Waals surface area contributed by atoms with E-state index in [0.29, 0.717) is 33.3 Å². The maximum atomic E-state index is 14.1. The fourth-order valence-corrected chi connectivity index (χ4v) is 4.89. The topological polar surface area (TPSA) is 106 Å². The summed E-state index contributed by atoms with van der Waals surface area (Å²) in [5.74, 6) is -0.534. The van der Waals surface area contributed by atoms with Gasteiger partial charge >= 0.3 is 5.97 Å². The van der Waals surface area contributed by atoms with Gasteiger partial charge in [-0.05, 0) is 67.2 Å². The lowest BCUT2D eigenvalue weighted by Crippen LogP contribution is -2.13. The standard InChI is InChI=1S/C29H34ClFN2O5/c1-16-11-22(30)19(14-23(16)31)13-20(34)12-18(7-8-25(35)36)27-26(17-5-6-17)28(38-33-27)24-15-21(37-32-24)9-10-29(2,3)4/h11,14-15,17-18H,5-10,12-13H2,1-4H3,(H,35,36)/t18-/m0/s1. The van der Waals surface area contributed by atoms with E-state index in [1.807, 2.05) is 6.07 Å². The monoisotopic (exact) mass is 544 g/mol. The zero-order valence-electron chi connectivity index (χ0n) is 22.3. The molecule has 1 aliphatic rings. The molecule has 1 saturated carbocycles. The molecule has 7 nitrogen and oxygen atoms in total. The van der Waals surface area contributed by atoms with Crippen molar-refractivity contribution >= 4 is 23.4 Å². The normalized spacial score (nSPS) is 14.6. The van der Waals surface area contributed by atoms with Gasteiger partial charge in [0, 0.05) is 48.3 Å². The van der Waals surface area contributed by atoms with Crippen LogP contribution >= 0.6 is 11.6 Å². The van der Waals surface area contributed by atoms with E-state index >= 15 is 0 Å². The molecule has 2 heterocycles. The molecule has 0 bridgehead atoms. The number of aryl methyl sites for hydroxylation is 2. The van der Waals surface area contributed by atoms with E-state index in [0.717, 1.165) is 37.0 Å². The van der Waals surface area contributed by atoms with Crippen molar-refractivity contribution in [3.05, 3.63) is 57.2 Å². The van der Waals surface area contributed by atoms with Gasteiger partial charge in [0.2, 0.25) is 0 Å². The minimum Gasteiger partial charge on any atom is -0.481 e. The maximum absolute atomic E-state index is 14.1. The Kier molecular flexibility index (Phi) is 8.40. The molecular weight excluding hydrogens is 511 g/mol. The predicted octanol–water partition coefficient (Wildman–Crippen LogP) is 7.44. The fourth-order valence-electron chi connectivity index (χ4n) is 4.61. The Hall–Kier alpha value is -3.00. The number of hydrogen-bond acceptors (Lipinski definition) is 6. The van der Waals surface area contributed by atoms with Gasteiger partial charge in [-0.3, -0.25) is 9.59 Å². The van der Waals surface area contributed by atoms with E-state index in [9.17, 15) is 19.1 Å². The van der Waals surface area contributed by atoms with Gasteiger partial charge in [-0.15, -0.1) is 0 Å². The smallest absolute Gasteiger partial charge is 0.303 e. The van der Waals surface area contributed by atoms with Crippen molar-refractivity contribution in [1.29, 1.82) is 0 Å². The van der Waals surface area contributed by atoms with Gasteiger partial charge in [-0.25, -0.2) is 4.39 Å². The van der Waals surface area contributed by atoms with Crippen molar-refractivity contribution in [3.63, 3.8) is 0 Å². The highest BCUT2D eigenvalue weighted by atomic mass is 35.5. The first-order valence-electron chi connectivity index (χ1n) is 13.0. The number of aromatic nitrogens is 2. The number of nitrogens with zero attached hydrogens (tertiary/aromatic N) is 2. The number of ketones is 1. The maximum Gasteiger partial charge on any atom is 0.303 e. The molecule has 0 unspecified atom stereocenters. The van der Waals surface area contributed by atoms with Crippen molar-refractivity contribution < 1.29 is 28.1 Å². The molecule has 1 aliphatic carbocycles. The lowest BCUT2D eigenvalue weighted by atomic mass is 9.87. The number of carboxylic acid groups (broad SMARTS) is 1. The Labute approximate surface area is 226 Å². The number of carbonyl (C=O) groups excluding carboxylic acids is 1. The van der Waals surface area contributed by atoms with Crippen molar-refractivity contribution in [2.24, 2.45) is 5.41 Å². The van der Waals surface area contributed by atoms with E-state index < -0.39 is 17.7 Å². The zero-order chi connectivity index (χ0) is 27.6. The molecule has 4 rings (SSSR count).